The number of benzene rings is 2. The molecule has 1 aromatic heterocycles. The smallest absolute Gasteiger partial charge is 0.263 e. The van der Waals surface area contributed by atoms with Crippen LogP contribution in [0.25, 0.3) is 10.9 Å². The molecule has 2 aromatic carbocycles. The predicted octanol–water partition coefficient (Wildman–Crippen LogP) is 3.12. The van der Waals surface area contributed by atoms with Gasteiger partial charge in [0.1, 0.15) is 17.4 Å². The number of pyridine rings is 1. The van der Waals surface area contributed by atoms with E-state index in [1.807, 2.05) is 36.4 Å². The lowest BCUT2D eigenvalue weighted by molar-refractivity contribution is -0.117. The van der Waals surface area contributed by atoms with E-state index in [1.54, 1.807) is 30.5 Å². The van der Waals surface area contributed by atoms with Crippen molar-refractivity contribution in [3.05, 3.63) is 78.1 Å². The van der Waals surface area contributed by atoms with Crippen LogP contribution in [0.5, 0.6) is 5.75 Å². The van der Waals surface area contributed by atoms with Gasteiger partial charge < -0.3 is 15.7 Å². The molecule has 6 nitrogen and oxygen atoms in total. The van der Waals surface area contributed by atoms with E-state index in [4.69, 9.17) is 0 Å². The maximum Gasteiger partial charge on any atom is 0.263 e. The molecule has 3 rings (SSSR count). The Labute approximate surface area is 156 Å². The highest BCUT2D eigenvalue weighted by molar-refractivity contribution is 5.98. The summed E-state index contributed by atoms with van der Waals surface area (Å²) in [6.07, 6.45) is 3.68. The van der Waals surface area contributed by atoms with E-state index in [0.717, 1.165) is 22.2 Å². The van der Waals surface area contributed by atoms with Crippen LogP contribution < -0.4 is 10.6 Å². The fraction of sp³-hybridized carbons (Fsp3) is 0.0952. The number of phenolic OH excluding ortho intramolecular Hbond substituents is 1. The van der Waals surface area contributed by atoms with Crippen molar-refractivity contribution < 1.29 is 9.90 Å². The van der Waals surface area contributed by atoms with Gasteiger partial charge in [-0.1, -0.05) is 30.3 Å². The molecule has 0 aliphatic heterocycles. The Morgan fingerprint density at radius 3 is 2.70 bits per heavy atom. The minimum atomic E-state index is -0.447. The fourth-order valence-electron chi connectivity index (χ4n) is 2.60. The summed E-state index contributed by atoms with van der Waals surface area (Å²) in [7, 11) is 0. The quantitative estimate of drug-likeness (QED) is 0.464. The Kier molecular flexibility index (Phi) is 5.65. The number of amides is 1. The molecule has 0 spiro atoms. The second-order valence-electron chi connectivity index (χ2n) is 5.87. The molecule has 0 aliphatic carbocycles. The molecule has 3 aromatic rings. The van der Waals surface area contributed by atoms with E-state index in [9.17, 15) is 15.2 Å². The normalized spacial score (nSPS) is 11.0. The second kappa shape index (κ2) is 8.50. The van der Waals surface area contributed by atoms with Crippen LogP contribution in [0.1, 0.15) is 5.56 Å². The molecule has 0 saturated carbocycles. The van der Waals surface area contributed by atoms with E-state index in [1.165, 1.54) is 6.20 Å². The van der Waals surface area contributed by atoms with Crippen molar-refractivity contribution in [3.63, 3.8) is 0 Å². The lowest BCUT2D eigenvalue weighted by Gasteiger charge is -2.07. The summed E-state index contributed by atoms with van der Waals surface area (Å²) < 4.78 is 0. The molecular weight excluding hydrogens is 340 g/mol. The van der Waals surface area contributed by atoms with Crippen molar-refractivity contribution in [2.45, 2.75) is 6.42 Å². The number of anilines is 1. The first-order chi connectivity index (χ1) is 13.2. The monoisotopic (exact) mass is 358 g/mol. The Morgan fingerprint density at radius 1 is 1.15 bits per heavy atom. The van der Waals surface area contributed by atoms with Crippen molar-refractivity contribution in [1.82, 2.24) is 10.3 Å². The molecule has 0 saturated heterocycles. The zero-order chi connectivity index (χ0) is 19.1. The molecule has 6 heteroatoms. The van der Waals surface area contributed by atoms with Crippen LogP contribution in [0.2, 0.25) is 0 Å². The first kappa shape index (κ1) is 18.0. The number of nitriles is 1. The molecule has 0 radical (unpaired) electrons. The van der Waals surface area contributed by atoms with Crippen molar-refractivity contribution in [3.8, 4) is 11.8 Å². The van der Waals surface area contributed by atoms with Crippen LogP contribution in [0.3, 0.4) is 0 Å². The summed E-state index contributed by atoms with van der Waals surface area (Å²) in [5.74, 6) is -0.247. The summed E-state index contributed by atoms with van der Waals surface area (Å²) >= 11 is 0. The van der Waals surface area contributed by atoms with Crippen molar-refractivity contribution >= 4 is 22.5 Å². The third-order valence-electron chi connectivity index (χ3n) is 4.01. The lowest BCUT2D eigenvalue weighted by atomic mass is 10.1. The van der Waals surface area contributed by atoms with Crippen molar-refractivity contribution in [2.75, 3.05) is 11.9 Å². The number of aromatic nitrogens is 1. The van der Waals surface area contributed by atoms with E-state index >= 15 is 0 Å². The molecule has 0 aliphatic rings. The molecule has 3 N–H and O–H groups in total. The van der Waals surface area contributed by atoms with Gasteiger partial charge in [0.25, 0.3) is 5.91 Å². The highest BCUT2D eigenvalue weighted by Gasteiger charge is 2.09. The highest BCUT2D eigenvalue weighted by atomic mass is 16.3. The van der Waals surface area contributed by atoms with Crippen LogP contribution in [0.4, 0.5) is 5.69 Å². The zero-order valence-electron chi connectivity index (χ0n) is 14.5. The van der Waals surface area contributed by atoms with Gasteiger partial charge >= 0.3 is 0 Å². The third kappa shape index (κ3) is 4.61. The van der Waals surface area contributed by atoms with E-state index in [2.05, 4.69) is 15.6 Å². The summed E-state index contributed by atoms with van der Waals surface area (Å²) in [6.45, 7) is 0.387. The van der Waals surface area contributed by atoms with Gasteiger partial charge in [0, 0.05) is 24.3 Å². The number of hydrogen-bond donors (Lipinski definition) is 3. The first-order valence-corrected chi connectivity index (χ1v) is 8.44. The standard InChI is InChI=1S/C21H18N4O2/c22-13-17(21(27)24-12-10-15-6-8-18(26)9-7-15)14-25-19-5-1-3-16-4-2-11-23-20(16)19/h1-9,11,14,25-26H,10,12H2,(H,24,27)/b17-14-. The topological polar surface area (TPSA) is 98.0 Å². The number of carbonyl (C=O) groups is 1. The number of para-hydroxylation sites is 1. The highest BCUT2D eigenvalue weighted by Crippen LogP contribution is 2.20. The molecule has 0 atom stereocenters. The van der Waals surface area contributed by atoms with Crippen molar-refractivity contribution in [1.29, 1.82) is 5.26 Å². The van der Waals surface area contributed by atoms with Gasteiger partial charge in [-0.3, -0.25) is 9.78 Å². The van der Waals surface area contributed by atoms with E-state index < -0.39 is 5.91 Å². The average molecular weight is 358 g/mol. The SMILES string of the molecule is N#C/C(=C/Nc1cccc2cccnc12)C(=O)NCCc1ccc(O)cc1. The maximum absolute atomic E-state index is 12.2. The minimum absolute atomic E-state index is 0.0198. The molecule has 0 bridgehead atoms. The van der Waals surface area contributed by atoms with Crippen molar-refractivity contribution in [2.24, 2.45) is 0 Å². The molecule has 134 valence electrons. The van der Waals surface area contributed by atoms with Crippen LogP contribution in [0.15, 0.2) is 72.6 Å². The molecule has 1 amide bonds. The summed E-state index contributed by atoms with van der Waals surface area (Å²) in [4.78, 5) is 16.5. The lowest BCUT2D eigenvalue weighted by Crippen LogP contribution is -2.27. The minimum Gasteiger partial charge on any atom is -0.508 e. The van der Waals surface area contributed by atoms with Gasteiger partial charge in [0.2, 0.25) is 0 Å². The van der Waals surface area contributed by atoms with Gasteiger partial charge in [-0.05, 0) is 36.2 Å². The Bertz CT molecular complexity index is 1020. The number of nitrogens with one attached hydrogen (secondary N) is 2. The fourth-order valence-corrected chi connectivity index (χ4v) is 2.60. The Morgan fingerprint density at radius 2 is 1.93 bits per heavy atom. The number of carbonyl (C=O) groups excluding carboxylic acids is 1. The van der Waals surface area contributed by atoms with Gasteiger partial charge in [-0.15, -0.1) is 0 Å². The van der Waals surface area contributed by atoms with Gasteiger partial charge in [-0.2, -0.15) is 5.26 Å². The number of aromatic hydroxyl groups is 1. The molecule has 27 heavy (non-hydrogen) atoms. The average Bonchev–Trinajstić information content (AvgIpc) is 2.70. The van der Waals surface area contributed by atoms with Gasteiger partial charge in [-0.25, -0.2) is 0 Å². The molecule has 1 heterocycles. The number of nitrogens with zero attached hydrogens (tertiary/aromatic N) is 2. The molecular formula is C21H18N4O2. The van der Waals surface area contributed by atoms with Gasteiger partial charge in [0.05, 0.1) is 11.2 Å². The summed E-state index contributed by atoms with van der Waals surface area (Å²) in [5.41, 5.74) is 2.45. The van der Waals surface area contributed by atoms with E-state index in [-0.39, 0.29) is 11.3 Å². The number of phenols is 1. The van der Waals surface area contributed by atoms with Crippen LogP contribution in [-0.4, -0.2) is 22.5 Å². The van der Waals surface area contributed by atoms with Crippen LogP contribution >= 0.6 is 0 Å². The molecule has 0 fully saturated rings. The Balaban J connectivity index is 1.62. The zero-order valence-corrected chi connectivity index (χ0v) is 14.5. The maximum atomic E-state index is 12.2. The number of hydrogen-bond acceptors (Lipinski definition) is 5. The molecule has 0 unspecified atom stereocenters. The largest absolute Gasteiger partial charge is 0.508 e. The Hall–Kier alpha value is -3.85. The summed E-state index contributed by atoms with van der Waals surface area (Å²) in [6, 6.07) is 18.1. The first-order valence-electron chi connectivity index (χ1n) is 8.44. The number of rotatable bonds is 6. The van der Waals surface area contributed by atoms with Crippen LogP contribution in [0, 0.1) is 11.3 Å². The predicted molar refractivity (Wildman–Crippen MR) is 104 cm³/mol. The van der Waals surface area contributed by atoms with Gasteiger partial charge in [0.15, 0.2) is 0 Å². The second-order valence-corrected chi connectivity index (χ2v) is 5.87. The number of fused-ring (bicyclic) bond motifs is 1. The van der Waals surface area contributed by atoms with Crippen LogP contribution in [-0.2, 0) is 11.2 Å². The third-order valence-corrected chi connectivity index (χ3v) is 4.01. The van der Waals surface area contributed by atoms with E-state index in [0.29, 0.717) is 13.0 Å². The summed E-state index contributed by atoms with van der Waals surface area (Å²) in [5, 5.41) is 25.2.